The number of rotatable bonds is 2. The summed E-state index contributed by atoms with van der Waals surface area (Å²) in [6.07, 6.45) is 5.38. The molecular weight excluding hydrogens is 200 g/mol. The lowest BCUT2D eigenvalue weighted by Crippen LogP contribution is -1.98. The van der Waals surface area contributed by atoms with E-state index in [1.807, 2.05) is 0 Å². The average molecular weight is 218 g/mol. The average Bonchev–Trinajstić information content (AvgIpc) is 3.03. The van der Waals surface area contributed by atoms with Crippen LogP contribution in [-0.4, -0.2) is 13.2 Å². The van der Waals surface area contributed by atoms with E-state index in [1.165, 1.54) is 36.8 Å². The Kier molecular flexibility index (Phi) is 2.94. The van der Waals surface area contributed by atoms with E-state index in [0.29, 0.717) is 12.2 Å². The van der Waals surface area contributed by atoms with E-state index in [0.717, 1.165) is 13.2 Å². The van der Waals surface area contributed by atoms with Crippen molar-refractivity contribution in [3.63, 3.8) is 0 Å². The third kappa shape index (κ3) is 2.00. The summed E-state index contributed by atoms with van der Waals surface area (Å²) >= 11 is 0. The standard InChI is InChI=1S/C14H18O2/c1-3-13(15-9-1)11-5-7-12(8-6-11)14-4-2-10-16-14/h5-8,13-14H,1-4,9-10H2. The van der Waals surface area contributed by atoms with E-state index < -0.39 is 0 Å². The van der Waals surface area contributed by atoms with E-state index in [2.05, 4.69) is 24.3 Å². The van der Waals surface area contributed by atoms with Gasteiger partial charge in [0, 0.05) is 13.2 Å². The molecule has 16 heavy (non-hydrogen) atoms. The topological polar surface area (TPSA) is 18.5 Å². The molecule has 2 nitrogen and oxygen atoms in total. The molecule has 3 rings (SSSR count). The Bertz CT molecular complexity index is 297. The Morgan fingerprint density at radius 1 is 0.750 bits per heavy atom. The Morgan fingerprint density at radius 2 is 1.19 bits per heavy atom. The maximum Gasteiger partial charge on any atom is 0.0825 e. The Balaban J connectivity index is 1.73. The van der Waals surface area contributed by atoms with Crippen molar-refractivity contribution in [2.45, 2.75) is 37.9 Å². The highest BCUT2D eigenvalue weighted by atomic mass is 16.5. The Morgan fingerprint density at radius 3 is 1.50 bits per heavy atom. The van der Waals surface area contributed by atoms with Crippen LogP contribution in [0.15, 0.2) is 24.3 Å². The van der Waals surface area contributed by atoms with E-state index >= 15 is 0 Å². The molecule has 2 heteroatoms. The van der Waals surface area contributed by atoms with Crippen molar-refractivity contribution >= 4 is 0 Å². The molecule has 2 unspecified atom stereocenters. The maximum atomic E-state index is 5.67. The van der Waals surface area contributed by atoms with Gasteiger partial charge in [0.25, 0.3) is 0 Å². The van der Waals surface area contributed by atoms with Gasteiger partial charge in [-0.2, -0.15) is 0 Å². The van der Waals surface area contributed by atoms with Crippen LogP contribution in [0.25, 0.3) is 0 Å². The third-order valence-corrected chi connectivity index (χ3v) is 3.54. The van der Waals surface area contributed by atoms with Crippen LogP contribution in [0.4, 0.5) is 0 Å². The molecule has 1 aromatic rings. The van der Waals surface area contributed by atoms with Gasteiger partial charge in [-0.05, 0) is 36.8 Å². The first kappa shape index (κ1) is 10.3. The van der Waals surface area contributed by atoms with E-state index in [-0.39, 0.29) is 0 Å². The second-order valence-corrected chi connectivity index (χ2v) is 4.67. The van der Waals surface area contributed by atoms with Gasteiger partial charge in [-0.1, -0.05) is 24.3 Å². The van der Waals surface area contributed by atoms with E-state index in [4.69, 9.17) is 9.47 Å². The number of benzene rings is 1. The number of ether oxygens (including phenoxy) is 2. The lowest BCUT2D eigenvalue weighted by molar-refractivity contribution is 0.109. The van der Waals surface area contributed by atoms with E-state index in [9.17, 15) is 0 Å². The number of hydrogen-bond donors (Lipinski definition) is 0. The Hall–Kier alpha value is -0.860. The van der Waals surface area contributed by atoms with Gasteiger partial charge in [-0.25, -0.2) is 0 Å². The summed E-state index contributed by atoms with van der Waals surface area (Å²) in [5, 5.41) is 0. The predicted molar refractivity (Wildman–Crippen MR) is 62.3 cm³/mol. The molecule has 86 valence electrons. The summed E-state index contributed by atoms with van der Waals surface area (Å²) in [5.41, 5.74) is 2.64. The van der Waals surface area contributed by atoms with Crippen LogP contribution in [0, 0.1) is 0 Å². The van der Waals surface area contributed by atoms with Gasteiger partial charge in [0.1, 0.15) is 0 Å². The fraction of sp³-hybridized carbons (Fsp3) is 0.571. The zero-order valence-electron chi connectivity index (χ0n) is 9.52. The Labute approximate surface area is 96.6 Å². The van der Waals surface area contributed by atoms with Crippen LogP contribution in [0.1, 0.15) is 49.0 Å². The summed E-state index contributed by atoms with van der Waals surface area (Å²) in [5.74, 6) is 0. The SMILES string of the molecule is c1cc(C2CCCO2)ccc1C1CCCO1. The molecule has 0 saturated carbocycles. The predicted octanol–water partition coefficient (Wildman–Crippen LogP) is 3.39. The first-order valence-electron chi connectivity index (χ1n) is 6.26. The molecule has 0 radical (unpaired) electrons. The van der Waals surface area contributed by atoms with Gasteiger partial charge in [0.05, 0.1) is 12.2 Å². The second-order valence-electron chi connectivity index (χ2n) is 4.67. The molecule has 2 heterocycles. The molecule has 1 aromatic carbocycles. The maximum absolute atomic E-state index is 5.67. The van der Waals surface area contributed by atoms with Gasteiger partial charge >= 0.3 is 0 Å². The van der Waals surface area contributed by atoms with Crippen molar-refractivity contribution < 1.29 is 9.47 Å². The smallest absolute Gasteiger partial charge is 0.0825 e. The van der Waals surface area contributed by atoms with Crippen LogP contribution in [0.3, 0.4) is 0 Å². The normalized spacial score (nSPS) is 29.8. The molecule has 2 aliphatic heterocycles. The zero-order chi connectivity index (χ0) is 10.8. The largest absolute Gasteiger partial charge is 0.374 e. The van der Waals surface area contributed by atoms with Gasteiger partial charge in [-0.15, -0.1) is 0 Å². The number of hydrogen-bond acceptors (Lipinski definition) is 2. The van der Waals surface area contributed by atoms with E-state index in [1.54, 1.807) is 0 Å². The summed E-state index contributed by atoms with van der Waals surface area (Å²) in [4.78, 5) is 0. The zero-order valence-corrected chi connectivity index (χ0v) is 9.52. The van der Waals surface area contributed by atoms with Crippen molar-refractivity contribution in [2.24, 2.45) is 0 Å². The second kappa shape index (κ2) is 4.56. The van der Waals surface area contributed by atoms with Gasteiger partial charge in [0.15, 0.2) is 0 Å². The molecule has 2 atom stereocenters. The van der Waals surface area contributed by atoms with Crippen LogP contribution >= 0.6 is 0 Å². The molecule has 2 saturated heterocycles. The minimum absolute atomic E-state index is 0.332. The quantitative estimate of drug-likeness (QED) is 0.757. The molecule has 0 spiro atoms. The lowest BCUT2D eigenvalue weighted by Gasteiger charge is -2.13. The van der Waals surface area contributed by atoms with Crippen molar-refractivity contribution in [3.8, 4) is 0 Å². The molecular formula is C14H18O2. The van der Waals surface area contributed by atoms with Crippen LogP contribution in [0.2, 0.25) is 0 Å². The molecule has 0 N–H and O–H groups in total. The highest BCUT2D eigenvalue weighted by Crippen LogP contribution is 2.32. The van der Waals surface area contributed by atoms with Gasteiger partial charge < -0.3 is 9.47 Å². The highest BCUT2D eigenvalue weighted by molar-refractivity contribution is 5.26. The monoisotopic (exact) mass is 218 g/mol. The molecule has 0 bridgehead atoms. The molecule has 0 amide bonds. The first-order chi connectivity index (χ1) is 7.93. The van der Waals surface area contributed by atoms with Gasteiger partial charge in [0.2, 0.25) is 0 Å². The first-order valence-corrected chi connectivity index (χ1v) is 6.26. The molecule has 2 aliphatic rings. The molecule has 0 aliphatic carbocycles. The minimum Gasteiger partial charge on any atom is -0.374 e. The van der Waals surface area contributed by atoms with Crippen molar-refractivity contribution in [1.82, 2.24) is 0 Å². The van der Waals surface area contributed by atoms with Crippen molar-refractivity contribution in [1.29, 1.82) is 0 Å². The van der Waals surface area contributed by atoms with Crippen molar-refractivity contribution in [2.75, 3.05) is 13.2 Å². The third-order valence-electron chi connectivity index (χ3n) is 3.54. The highest BCUT2D eigenvalue weighted by Gasteiger charge is 2.20. The summed E-state index contributed by atoms with van der Waals surface area (Å²) in [7, 11) is 0. The summed E-state index contributed by atoms with van der Waals surface area (Å²) in [6.45, 7) is 1.83. The van der Waals surface area contributed by atoms with Crippen LogP contribution in [-0.2, 0) is 9.47 Å². The lowest BCUT2D eigenvalue weighted by atomic mass is 10.0. The van der Waals surface area contributed by atoms with Crippen molar-refractivity contribution in [3.05, 3.63) is 35.4 Å². The fourth-order valence-corrected chi connectivity index (χ4v) is 2.61. The molecule has 0 aromatic heterocycles. The minimum atomic E-state index is 0.332. The summed E-state index contributed by atoms with van der Waals surface area (Å²) < 4.78 is 11.3. The van der Waals surface area contributed by atoms with Crippen LogP contribution < -0.4 is 0 Å². The summed E-state index contributed by atoms with van der Waals surface area (Å²) in [6, 6.07) is 8.81. The van der Waals surface area contributed by atoms with Crippen LogP contribution in [0.5, 0.6) is 0 Å². The fourth-order valence-electron chi connectivity index (χ4n) is 2.61. The molecule has 2 fully saturated rings. The van der Waals surface area contributed by atoms with Gasteiger partial charge in [-0.3, -0.25) is 0 Å².